The van der Waals surface area contributed by atoms with Crippen LogP contribution in [0.4, 0.5) is 5.69 Å². The van der Waals surface area contributed by atoms with Crippen LogP contribution in [0.15, 0.2) is 22.7 Å². The van der Waals surface area contributed by atoms with Crippen molar-refractivity contribution >= 4 is 21.6 Å². The number of nitrogens with zero attached hydrogens (tertiary/aromatic N) is 1. The molecule has 0 bridgehead atoms. The van der Waals surface area contributed by atoms with Crippen LogP contribution in [-0.4, -0.2) is 18.2 Å². The van der Waals surface area contributed by atoms with Crippen LogP contribution in [0, 0.1) is 5.92 Å². The molecule has 1 aromatic rings. The van der Waals surface area contributed by atoms with Gasteiger partial charge in [-0.3, -0.25) is 0 Å². The van der Waals surface area contributed by atoms with Crippen LogP contribution in [0.1, 0.15) is 38.2 Å². The van der Waals surface area contributed by atoms with Gasteiger partial charge in [-0.25, -0.2) is 0 Å². The lowest BCUT2D eigenvalue weighted by molar-refractivity contribution is 0.282. The second-order valence-corrected chi connectivity index (χ2v) is 6.04. The largest absolute Gasteiger partial charge is 0.392 e. The van der Waals surface area contributed by atoms with Gasteiger partial charge in [0.15, 0.2) is 0 Å². The number of hydrogen-bond acceptors (Lipinski definition) is 2. The molecular formula is C15H22BrNO. The second kappa shape index (κ2) is 6.58. The summed E-state index contributed by atoms with van der Waals surface area (Å²) >= 11 is 3.53. The van der Waals surface area contributed by atoms with E-state index in [0.717, 1.165) is 29.0 Å². The van der Waals surface area contributed by atoms with Crippen LogP contribution in [0.3, 0.4) is 0 Å². The highest BCUT2D eigenvalue weighted by Crippen LogP contribution is 2.29. The number of aliphatic hydroxyl groups is 1. The summed E-state index contributed by atoms with van der Waals surface area (Å²) in [7, 11) is 0. The van der Waals surface area contributed by atoms with E-state index in [1.54, 1.807) is 0 Å². The van der Waals surface area contributed by atoms with Crippen molar-refractivity contribution in [2.24, 2.45) is 5.92 Å². The zero-order valence-corrected chi connectivity index (χ0v) is 12.6. The van der Waals surface area contributed by atoms with E-state index < -0.39 is 0 Å². The quantitative estimate of drug-likeness (QED) is 0.913. The first kappa shape index (κ1) is 13.9. The van der Waals surface area contributed by atoms with E-state index in [9.17, 15) is 5.11 Å². The Bertz CT molecular complexity index is 394. The van der Waals surface area contributed by atoms with Crippen molar-refractivity contribution in [1.29, 1.82) is 0 Å². The van der Waals surface area contributed by atoms with Crippen molar-refractivity contribution in [1.82, 2.24) is 0 Å². The van der Waals surface area contributed by atoms with Crippen LogP contribution in [0.5, 0.6) is 0 Å². The van der Waals surface area contributed by atoms with Crippen molar-refractivity contribution in [3.05, 3.63) is 28.2 Å². The van der Waals surface area contributed by atoms with Crippen molar-refractivity contribution in [3.8, 4) is 0 Å². The van der Waals surface area contributed by atoms with Crippen LogP contribution >= 0.6 is 15.9 Å². The van der Waals surface area contributed by atoms with Gasteiger partial charge in [0.25, 0.3) is 0 Å². The monoisotopic (exact) mass is 311 g/mol. The molecule has 1 aromatic carbocycles. The summed E-state index contributed by atoms with van der Waals surface area (Å²) in [6.45, 7) is 4.64. The summed E-state index contributed by atoms with van der Waals surface area (Å²) in [4.78, 5) is 2.44. The number of anilines is 1. The fraction of sp³-hybridized carbons (Fsp3) is 0.600. The fourth-order valence-electron chi connectivity index (χ4n) is 2.78. The van der Waals surface area contributed by atoms with E-state index in [1.165, 1.54) is 31.4 Å². The van der Waals surface area contributed by atoms with Gasteiger partial charge in [0.05, 0.1) is 6.61 Å². The van der Waals surface area contributed by atoms with E-state index in [4.69, 9.17) is 0 Å². The van der Waals surface area contributed by atoms with Gasteiger partial charge in [0.1, 0.15) is 0 Å². The van der Waals surface area contributed by atoms with E-state index >= 15 is 0 Å². The summed E-state index contributed by atoms with van der Waals surface area (Å²) in [5.74, 6) is 0.875. The highest BCUT2D eigenvalue weighted by Gasteiger charge is 2.18. The molecule has 1 saturated heterocycles. The van der Waals surface area contributed by atoms with Crippen molar-refractivity contribution < 1.29 is 5.11 Å². The normalized spacial score (nSPS) is 20.8. The average Bonchev–Trinajstić information content (AvgIpc) is 2.63. The molecule has 0 amide bonds. The number of benzene rings is 1. The molecular weight excluding hydrogens is 290 g/mol. The minimum absolute atomic E-state index is 0.121. The lowest BCUT2D eigenvalue weighted by atomic mass is 9.98. The SMILES string of the molecule is CCC1CCCN(c2cc(Br)ccc2CO)CC1. The van der Waals surface area contributed by atoms with Crippen molar-refractivity contribution in [2.75, 3.05) is 18.0 Å². The van der Waals surface area contributed by atoms with E-state index in [-0.39, 0.29) is 6.61 Å². The zero-order valence-electron chi connectivity index (χ0n) is 11.0. The van der Waals surface area contributed by atoms with E-state index in [1.807, 2.05) is 12.1 Å². The van der Waals surface area contributed by atoms with Crippen LogP contribution < -0.4 is 4.90 Å². The lowest BCUT2D eigenvalue weighted by Crippen LogP contribution is -2.25. The van der Waals surface area contributed by atoms with Gasteiger partial charge in [-0.2, -0.15) is 0 Å². The first-order chi connectivity index (χ1) is 8.74. The molecule has 1 aliphatic heterocycles. The molecule has 0 aromatic heterocycles. The molecule has 1 aliphatic rings. The second-order valence-electron chi connectivity index (χ2n) is 5.12. The molecule has 1 N–H and O–H groups in total. The molecule has 18 heavy (non-hydrogen) atoms. The van der Waals surface area contributed by atoms with Gasteiger partial charge in [-0.15, -0.1) is 0 Å². The molecule has 2 rings (SSSR count). The first-order valence-electron chi connectivity index (χ1n) is 6.88. The molecule has 3 heteroatoms. The van der Waals surface area contributed by atoms with Gasteiger partial charge in [0.2, 0.25) is 0 Å². The highest BCUT2D eigenvalue weighted by atomic mass is 79.9. The predicted molar refractivity (Wildman–Crippen MR) is 79.9 cm³/mol. The molecule has 100 valence electrons. The van der Waals surface area contributed by atoms with Gasteiger partial charge in [-0.1, -0.05) is 35.3 Å². The third-order valence-electron chi connectivity index (χ3n) is 3.98. The van der Waals surface area contributed by atoms with Crippen LogP contribution in [0.2, 0.25) is 0 Å². The van der Waals surface area contributed by atoms with Crippen LogP contribution in [-0.2, 0) is 6.61 Å². The highest BCUT2D eigenvalue weighted by molar-refractivity contribution is 9.10. The Kier molecular flexibility index (Phi) is 5.07. The van der Waals surface area contributed by atoms with E-state index in [2.05, 4.69) is 33.8 Å². The summed E-state index contributed by atoms with van der Waals surface area (Å²) < 4.78 is 1.09. The lowest BCUT2D eigenvalue weighted by Gasteiger charge is -2.25. The Morgan fingerprint density at radius 3 is 2.89 bits per heavy atom. The maximum atomic E-state index is 9.47. The molecule has 0 aliphatic carbocycles. The molecule has 2 nitrogen and oxygen atoms in total. The summed E-state index contributed by atoms with van der Waals surface area (Å²) in [6, 6.07) is 6.15. The maximum Gasteiger partial charge on any atom is 0.0702 e. The van der Waals surface area contributed by atoms with Gasteiger partial charge >= 0.3 is 0 Å². The zero-order chi connectivity index (χ0) is 13.0. The third kappa shape index (κ3) is 3.27. The minimum atomic E-state index is 0.121. The Morgan fingerprint density at radius 1 is 1.33 bits per heavy atom. The number of hydrogen-bond donors (Lipinski definition) is 1. The third-order valence-corrected chi connectivity index (χ3v) is 4.48. The van der Waals surface area contributed by atoms with Gasteiger partial charge < -0.3 is 10.0 Å². The first-order valence-corrected chi connectivity index (χ1v) is 7.68. The molecule has 1 fully saturated rings. The topological polar surface area (TPSA) is 23.5 Å². The summed E-state index contributed by atoms with van der Waals surface area (Å²) in [5.41, 5.74) is 2.23. The fourth-order valence-corrected chi connectivity index (χ4v) is 3.13. The standard InChI is InChI=1S/C15H22BrNO/c1-2-12-4-3-8-17(9-7-12)15-10-14(16)6-5-13(15)11-18/h5-6,10,12,18H,2-4,7-9,11H2,1H3. The van der Waals surface area contributed by atoms with Crippen molar-refractivity contribution in [3.63, 3.8) is 0 Å². The number of halogens is 1. The summed E-state index contributed by atoms with van der Waals surface area (Å²) in [6.07, 6.45) is 5.17. The molecule has 0 spiro atoms. The maximum absolute atomic E-state index is 9.47. The Morgan fingerprint density at radius 2 is 2.17 bits per heavy atom. The van der Waals surface area contributed by atoms with Crippen LogP contribution in [0.25, 0.3) is 0 Å². The Hall–Kier alpha value is -0.540. The summed E-state index contributed by atoms with van der Waals surface area (Å²) in [5, 5.41) is 9.47. The number of aliphatic hydroxyl groups excluding tert-OH is 1. The van der Waals surface area contributed by atoms with E-state index in [0.29, 0.717) is 0 Å². The Balaban J connectivity index is 2.17. The molecule has 1 atom stereocenters. The molecule has 0 radical (unpaired) electrons. The average molecular weight is 312 g/mol. The Labute approximate surface area is 118 Å². The minimum Gasteiger partial charge on any atom is -0.392 e. The smallest absolute Gasteiger partial charge is 0.0702 e. The van der Waals surface area contributed by atoms with Crippen molar-refractivity contribution in [2.45, 2.75) is 39.2 Å². The van der Waals surface area contributed by atoms with Gasteiger partial charge in [-0.05, 0) is 37.3 Å². The molecule has 1 unspecified atom stereocenters. The molecule has 1 heterocycles. The van der Waals surface area contributed by atoms with Gasteiger partial charge in [0, 0.05) is 28.8 Å². The molecule has 0 saturated carbocycles. The predicted octanol–water partition coefficient (Wildman–Crippen LogP) is 3.96. The number of rotatable bonds is 3.